The van der Waals surface area contributed by atoms with Crippen molar-refractivity contribution in [2.45, 2.75) is 25.8 Å². The minimum atomic E-state index is 0. The first-order valence-electron chi connectivity index (χ1n) is 6.49. The van der Waals surface area contributed by atoms with Crippen molar-refractivity contribution in [1.29, 1.82) is 0 Å². The Bertz CT molecular complexity index is 238. The Morgan fingerprint density at radius 3 is 2.83 bits per heavy atom. The van der Waals surface area contributed by atoms with Gasteiger partial charge < -0.3 is 15.4 Å². The van der Waals surface area contributed by atoms with Crippen molar-refractivity contribution in [3.05, 3.63) is 0 Å². The number of ether oxygens (including phenoxy) is 1. The summed E-state index contributed by atoms with van der Waals surface area (Å²) in [4.78, 5) is 6.72. The molecule has 0 spiro atoms. The molecule has 1 aliphatic heterocycles. The summed E-state index contributed by atoms with van der Waals surface area (Å²) in [5.41, 5.74) is 0. The number of aliphatic imine (C=N–C) groups is 1. The van der Waals surface area contributed by atoms with Crippen LogP contribution < -0.4 is 10.6 Å². The highest BCUT2D eigenvalue weighted by atomic mass is 127. The molecule has 1 atom stereocenters. The van der Waals surface area contributed by atoms with Gasteiger partial charge in [0, 0.05) is 33.3 Å². The topological polar surface area (TPSA) is 48.9 Å². The molecule has 0 aromatic rings. The second-order valence-electron chi connectivity index (χ2n) is 4.30. The molecule has 1 unspecified atom stereocenters. The maximum Gasteiger partial charge on any atom is 0.191 e. The van der Waals surface area contributed by atoms with Gasteiger partial charge in [-0.15, -0.1) is 24.0 Å². The van der Waals surface area contributed by atoms with Gasteiger partial charge in [-0.3, -0.25) is 9.89 Å². The third-order valence-electron chi connectivity index (χ3n) is 3.23. The van der Waals surface area contributed by atoms with E-state index in [1.165, 1.54) is 19.4 Å². The minimum absolute atomic E-state index is 0. The van der Waals surface area contributed by atoms with E-state index in [1.54, 1.807) is 14.2 Å². The molecule has 18 heavy (non-hydrogen) atoms. The Morgan fingerprint density at radius 1 is 1.44 bits per heavy atom. The summed E-state index contributed by atoms with van der Waals surface area (Å²) < 4.78 is 5.00. The minimum Gasteiger partial charge on any atom is -0.383 e. The number of likely N-dealkylation sites (tertiary alicyclic amines) is 1. The molecule has 0 aromatic carbocycles. The van der Waals surface area contributed by atoms with Crippen LogP contribution in [0.15, 0.2) is 4.99 Å². The zero-order chi connectivity index (χ0) is 12.5. The molecule has 0 amide bonds. The predicted molar refractivity (Wildman–Crippen MR) is 86.9 cm³/mol. The lowest BCUT2D eigenvalue weighted by Crippen LogP contribution is -2.45. The normalized spacial score (nSPS) is 20.6. The van der Waals surface area contributed by atoms with Crippen molar-refractivity contribution in [2.75, 3.05) is 46.9 Å². The molecule has 0 bridgehead atoms. The van der Waals surface area contributed by atoms with Crippen LogP contribution in [-0.4, -0.2) is 63.8 Å². The average molecular weight is 370 g/mol. The Hall–Kier alpha value is -0.0800. The Balaban J connectivity index is 0.00000289. The van der Waals surface area contributed by atoms with Crippen LogP contribution in [0, 0.1) is 0 Å². The number of rotatable bonds is 6. The first-order valence-corrected chi connectivity index (χ1v) is 6.49. The maximum atomic E-state index is 5.00. The summed E-state index contributed by atoms with van der Waals surface area (Å²) in [5.74, 6) is 0.866. The molecular weight excluding hydrogens is 343 g/mol. The van der Waals surface area contributed by atoms with Gasteiger partial charge in [0.2, 0.25) is 0 Å². The van der Waals surface area contributed by atoms with Gasteiger partial charge >= 0.3 is 0 Å². The summed E-state index contributed by atoms with van der Waals surface area (Å²) in [6.45, 7) is 7.06. The van der Waals surface area contributed by atoms with Crippen LogP contribution in [0.1, 0.15) is 19.8 Å². The quantitative estimate of drug-likeness (QED) is 0.316. The lowest BCUT2D eigenvalue weighted by atomic mass is 10.2. The Kier molecular flexibility index (Phi) is 10.8. The summed E-state index contributed by atoms with van der Waals surface area (Å²) in [5, 5.41) is 6.60. The number of halogens is 1. The maximum absolute atomic E-state index is 5.00. The fourth-order valence-corrected chi connectivity index (χ4v) is 2.25. The van der Waals surface area contributed by atoms with Gasteiger partial charge in [0.1, 0.15) is 0 Å². The van der Waals surface area contributed by atoms with E-state index in [1.807, 2.05) is 0 Å². The van der Waals surface area contributed by atoms with Gasteiger partial charge in [-0.05, 0) is 25.9 Å². The molecular formula is C12H27IN4O. The van der Waals surface area contributed by atoms with Crippen LogP contribution in [-0.2, 0) is 4.74 Å². The highest BCUT2D eigenvalue weighted by molar-refractivity contribution is 14.0. The van der Waals surface area contributed by atoms with Crippen molar-refractivity contribution >= 4 is 29.9 Å². The standard InChI is InChI=1S/C12H26N4O.HI/c1-4-16-8-5-6-11(16)10-15-12(13-2)14-7-9-17-3;/h11H,4-10H2,1-3H3,(H2,13,14,15);1H. The van der Waals surface area contributed by atoms with Crippen molar-refractivity contribution in [3.8, 4) is 0 Å². The molecule has 2 N–H and O–H groups in total. The van der Waals surface area contributed by atoms with E-state index in [4.69, 9.17) is 4.74 Å². The van der Waals surface area contributed by atoms with Crippen LogP contribution in [0.2, 0.25) is 0 Å². The SMILES string of the molecule is CCN1CCCC1CNC(=NC)NCCOC.I. The van der Waals surface area contributed by atoms with Crippen molar-refractivity contribution in [3.63, 3.8) is 0 Å². The Morgan fingerprint density at radius 2 is 2.22 bits per heavy atom. The first-order chi connectivity index (χ1) is 8.31. The number of nitrogens with one attached hydrogen (secondary N) is 2. The van der Waals surface area contributed by atoms with E-state index in [0.717, 1.165) is 25.6 Å². The summed E-state index contributed by atoms with van der Waals surface area (Å²) in [7, 11) is 3.50. The number of guanidine groups is 1. The number of hydrogen-bond acceptors (Lipinski definition) is 3. The van der Waals surface area contributed by atoms with Crippen LogP contribution in [0.4, 0.5) is 0 Å². The third-order valence-corrected chi connectivity index (χ3v) is 3.23. The molecule has 6 heteroatoms. The second kappa shape index (κ2) is 10.8. The molecule has 1 heterocycles. The molecule has 1 fully saturated rings. The van der Waals surface area contributed by atoms with E-state index in [0.29, 0.717) is 12.6 Å². The van der Waals surface area contributed by atoms with E-state index in [2.05, 4.69) is 27.4 Å². The smallest absolute Gasteiger partial charge is 0.191 e. The second-order valence-corrected chi connectivity index (χ2v) is 4.30. The fraction of sp³-hybridized carbons (Fsp3) is 0.917. The van der Waals surface area contributed by atoms with Gasteiger partial charge in [0.15, 0.2) is 5.96 Å². The Labute approximate surface area is 128 Å². The molecule has 0 radical (unpaired) electrons. The molecule has 0 saturated carbocycles. The van der Waals surface area contributed by atoms with E-state index in [-0.39, 0.29) is 24.0 Å². The van der Waals surface area contributed by atoms with Crippen LogP contribution in [0.3, 0.4) is 0 Å². The van der Waals surface area contributed by atoms with E-state index in [9.17, 15) is 0 Å². The van der Waals surface area contributed by atoms with Crippen LogP contribution >= 0.6 is 24.0 Å². The first kappa shape index (κ1) is 17.9. The monoisotopic (exact) mass is 370 g/mol. The fourth-order valence-electron chi connectivity index (χ4n) is 2.25. The number of hydrogen-bond donors (Lipinski definition) is 2. The summed E-state index contributed by atoms with van der Waals surface area (Å²) >= 11 is 0. The molecule has 1 aliphatic rings. The van der Waals surface area contributed by atoms with Gasteiger partial charge in [0.25, 0.3) is 0 Å². The predicted octanol–water partition coefficient (Wildman–Crippen LogP) is 0.900. The summed E-state index contributed by atoms with van der Waals surface area (Å²) in [6.07, 6.45) is 2.60. The van der Waals surface area contributed by atoms with E-state index < -0.39 is 0 Å². The van der Waals surface area contributed by atoms with Crippen LogP contribution in [0.25, 0.3) is 0 Å². The lowest BCUT2D eigenvalue weighted by Gasteiger charge is -2.23. The number of nitrogens with zero attached hydrogens (tertiary/aromatic N) is 2. The van der Waals surface area contributed by atoms with Crippen LogP contribution in [0.5, 0.6) is 0 Å². The molecule has 108 valence electrons. The highest BCUT2D eigenvalue weighted by Gasteiger charge is 2.22. The van der Waals surface area contributed by atoms with Gasteiger partial charge in [-0.1, -0.05) is 6.92 Å². The zero-order valence-corrected chi connectivity index (χ0v) is 14.1. The highest BCUT2D eigenvalue weighted by Crippen LogP contribution is 2.15. The zero-order valence-electron chi connectivity index (χ0n) is 11.7. The largest absolute Gasteiger partial charge is 0.383 e. The summed E-state index contributed by atoms with van der Waals surface area (Å²) in [6, 6.07) is 0.654. The van der Waals surface area contributed by atoms with Gasteiger partial charge in [0.05, 0.1) is 6.61 Å². The van der Waals surface area contributed by atoms with Crippen molar-refractivity contribution in [1.82, 2.24) is 15.5 Å². The number of methoxy groups -OCH3 is 1. The van der Waals surface area contributed by atoms with Crippen molar-refractivity contribution in [2.24, 2.45) is 4.99 Å². The van der Waals surface area contributed by atoms with E-state index >= 15 is 0 Å². The van der Waals surface area contributed by atoms with Gasteiger partial charge in [-0.25, -0.2) is 0 Å². The molecule has 5 nitrogen and oxygen atoms in total. The average Bonchev–Trinajstić information content (AvgIpc) is 2.81. The molecule has 1 rings (SSSR count). The molecule has 0 aromatic heterocycles. The van der Waals surface area contributed by atoms with Gasteiger partial charge in [-0.2, -0.15) is 0 Å². The molecule has 0 aliphatic carbocycles. The number of likely N-dealkylation sites (N-methyl/N-ethyl adjacent to an activating group) is 1. The molecule has 1 saturated heterocycles. The van der Waals surface area contributed by atoms with Crippen molar-refractivity contribution < 1.29 is 4.74 Å². The lowest BCUT2D eigenvalue weighted by molar-refractivity contribution is 0.203. The third kappa shape index (κ3) is 6.19.